The number of ketones is 1. The third-order valence-electron chi connectivity index (χ3n) is 4.83. The second kappa shape index (κ2) is 8.05. The maximum Gasteiger partial charge on any atom is 0.300 e. The maximum atomic E-state index is 13.9. The van der Waals surface area contributed by atoms with Crippen molar-refractivity contribution in [2.45, 2.75) is 6.04 Å². The topological polar surface area (TPSA) is 57.6 Å². The lowest BCUT2D eigenvalue weighted by atomic mass is 9.95. The number of benzene rings is 3. The predicted molar refractivity (Wildman–Crippen MR) is 117 cm³/mol. The van der Waals surface area contributed by atoms with Crippen molar-refractivity contribution in [3.63, 3.8) is 0 Å². The second-order valence-electron chi connectivity index (χ2n) is 6.71. The fourth-order valence-corrected chi connectivity index (χ4v) is 3.84. The van der Waals surface area contributed by atoms with Crippen molar-refractivity contribution in [3.8, 4) is 0 Å². The molecule has 0 saturated carbocycles. The number of rotatable bonds is 3. The monoisotopic (exact) mass is 485 g/mol. The van der Waals surface area contributed by atoms with Gasteiger partial charge in [0, 0.05) is 20.7 Å². The third-order valence-corrected chi connectivity index (χ3v) is 5.61. The van der Waals surface area contributed by atoms with E-state index in [9.17, 15) is 19.1 Å². The lowest BCUT2D eigenvalue weighted by molar-refractivity contribution is -0.132. The van der Waals surface area contributed by atoms with Crippen LogP contribution < -0.4 is 4.90 Å². The molecule has 1 unspecified atom stereocenters. The number of hydrogen-bond donors (Lipinski definition) is 1. The normalized spacial score (nSPS) is 18.1. The lowest BCUT2D eigenvalue weighted by Crippen LogP contribution is -2.29. The van der Waals surface area contributed by atoms with Crippen molar-refractivity contribution in [1.29, 1.82) is 0 Å². The van der Waals surface area contributed by atoms with Gasteiger partial charge in [0.1, 0.15) is 11.6 Å². The summed E-state index contributed by atoms with van der Waals surface area (Å²) in [5.74, 6) is -2.55. The van der Waals surface area contributed by atoms with Gasteiger partial charge in [0.05, 0.1) is 11.6 Å². The zero-order chi connectivity index (χ0) is 21.4. The van der Waals surface area contributed by atoms with Crippen molar-refractivity contribution in [2.24, 2.45) is 0 Å². The Morgan fingerprint density at radius 3 is 2.30 bits per heavy atom. The third kappa shape index (κ3) is 3.64. The highest BCUT2D eigenvalue weighted by Gasteiger charge is 2.47. The summed E-state index contributed by atoms with van der Waals surface area (Å²) in [4.78, 5) is 27.1. The van der Waals surface area contributed by atoms with Crippen LogP contribution in [-0.4, -0.2) is 16.8 Å². The number of hydrogen-bond acceptors (Lipinski definition) is 3. The summed E-state index contributed by atoms with van der Waals surface area (Å²) in [6.07, 6.45) is 0. The molecule has 150 valence electrons. The molecule has 1 atom stereocenters. The Balaban J connectivity index is 1.95. The van der Waals surface area contributed by atoms with E-state index < -0.39 is 23.5 Å². The Morgan fingerprint density at radius 2 is 1.67 bits per heavy atom. The summed E-state index contributed by atoms with van der Waals surface area (Å²) in [7, 11) is 0. The zero-order valence-corrected chi connectivity index (χ0v) is 17.7. The summed E-state index contributed by atoms with van der Waals surface area (Å²) in [5, 5.41) is 11.5. The maximum absolute atomic E-state index is 13.9. The Labute approximate surface area is 185 Å². The van der Waals surface area contributed by atoms with Gasteiger partial charge < -0.3 is 5.11 Å². The molecule has 1 aliphatic rings. The molecule has 4 rings (SSSR count). The Kier molecular flexibility index (Phi) is 5.45. The molecule has 30 heavy (non-hydrogen) atoms. The van der Waals surface area contributed by atoms with Gasteiger partial charge in [-0.1, -0.05) is 57.9 Å². The molecule has 4 nitrogen and oxygen atoms in total. The first-order valence-electron chi connectivity index (χ1n) is 8.95. The molecular weight excluding hydrogens is 473 g/mol. The summed E-state index contributed by atoms with van der Waals surface area (Å²) < 4.78 is 14.7. The Bertz CT molecular complexity index is 1180. The van der Waals surface area contributed by atoms with Crippen LogP contribution in [0.15, 0.2) is 82.8 Å². The van der Waals surface area contributed by atoms with Gasteiger partial charge in [-0.25, -0.2) is 4.39 Å². The van der Waals surface area contributed by atoms with E-state index >= 15 is 0 Å². The molecule has 1 saturated heterocycles. The van der Waals surface area contributed by atoms with Gasteiger partial charge in [-0.2, -0.15) is 0 Å². The van der Waals surface area contributed by atoms with Gasteiger partial charge in [-0.3, -0.25) is 14.5 Å². The smallest absolute Gasteiger partial charge is 0.300 e. The summed E-state index contributed by atoms with van der Waals surface area (Å²) in [5.41, 5.74) is 1.08. The van der Waals surface area contributed by atoms with E-state index in [1.54, 1.807) is 48.5 Å². The highest BCUT2D eigenvalue weighted by Crippen LogP contribution is 2.42. The quantitative estimate of drug-likeness (QED) is 0.286. The van der Waals surface area contributed by atoms with Crippen molar-refractivity contribution in [3.05, 3.63) is 105 Å². The SMILES string of the molecule is O=C1C(=O)N(c2cccc(F)c2)C(c2ccc(Cl)cc2)/C1=C(\O)c1ccc(Br)cc1. The van der Waals surface area contributed by atoms with E-state index in [1.165, 1.54) is 29.2 Å². The largest absolute Gasteiger partial charge is 0.507 e. The van der Waals surface area contributed by atoms with E-state index in [2.05, 4.69) is 15.9 Å². The Morgan fingerprint density at radius 1 is 1.00 bits per heavy atom. The van der Waals surface area contributed by atoms with Crippen LogP contribution in [0.3, 0.4) is 0 Å². The fourth-order valence-electron chi connectivity index (χ4n) is 3.45. The van der Waals surface area contributed by atoms with E-state index in [1.807, 2.05) is 0 Å². The van der Waals surface area contributed by atoms with Crippen LogP contribution in [0.4, 0.5) is 10.1 Å². The molecule has 0 aliphatic carbocycles. The number of amides is 1. The minimum Gasteiger partial charge on any atom is -0.507 e. The number of aliphatic hydroxyl groups excluding tert-OH is 1. The number of aliphatic hydroxyl groups is 1. The molecule has 1 heterocycles. The van der Waals surface area contributed by atoms with E-state index in [-0.39, 0.29) is 17.0 Å². The number of carbonyl (C=O) groups is 2. The van der Waals surface area contributed by atoms with Crippen molar-refractivity contribution >= 4 is 50.7 Å². The Hall–Kier alpha value is -2.96. The molecule has 7 heteroatoms. The number of Topliss-reactive ketones (excluding diaryl/α,β-unsaturated/α-hetero) is 1. The number of nitrogens with zero attached hydrogens (tertiary/aromatic N) is 1. The van der Waals surface area contributed by atoms with E-state index in [4.69, 9.17) is 11.6 Å². The van der Waals surface area contributed by atoms with Crippen LogP contribution in [0, 0.1) is 5.82 Å². The predicted octanol–water partition coefficient (Wildman–Crippen LogP) is 5.87. The van der Waals surface area contributed by atoms with Crippen LogP contribution in [0.1, 0.15) is 17.2 Å². The molecule has 0 radical (unpaired) electrons. The van der Waals surface area contributed by atoms with Crippen molar-refractivity contribution < 1.29 is 19.1 Å². The number of halogens is 3. The average Bonchev–Trinajstić information content (AvgIpc) is 2.99. The minimum absolute atomic E-state index is 0.0751. The van der Waals surface area contributed by atoms with Gasteiger partial charge in [-0.05, 0) is 48.0 Å². The number of carbonyl (C=O) groups excluding carboxylic acids is 2. The first kappa shape index (κ1) is 20.3. The standard InChI is InChI=1S/C23H14BrClFNO3/c24-15-8-4-14(5-9-15)21(28)19-20(13-6-10-16(25)11-7-13)27(23(30)22(19)29)18-3-1-2-17(26)12-18/h1-12,20,28H/b21-19+. The lowest BCUT2D eigenvalue weighted by Gasteiger charge is -2.25. The molecular formula is C23H14BrClFNO3. The molecule has 0 spiro atoms. The molecule has 0 bridgehead atoms. The first-order chi connectivity index (χ1) is 14.4. The van der Waals surface area contributed by atoms with Crippen LogP contribution in [-0.2, 0) is 9.59 Å². The van der Waals surface area contributed by atoms with Crippen LogP contribution in [0.5, 0.6) is 0 Å². The minimum atomic E-state index is -0.937. The van der Waals surface area contributed by atoms with Crippen LogP contribution in [0.25, 0.3) is 5.76 Å². The van der Waals surface area contributed by atoms with Crippen LogP contribution in [0.2, 0.25) is 5.02 Å². The van der Waals surface area contributed by atoms with Gasteiger partial charge >= 0.3 is 0 Å². The number of anilines is 1. The molecule has 1 aliphatic heterocycles. The van der Waals surface area contributed by atoms with E-state index in [0.29, 0.717) is 16.1 Å². The molecule has 3 aromatic rings. The molecule has 1 amide bonds. The zero-order valence-electron chi connectivity index (χ0n) is 15.4. The molecule has 3 aromatic carbocycles. The molecule has 1 fully saturated rings. The van der Waals surface area contributed by atoms with Crippen LogP contribution >= 0.6 is 27.5 Å². The molecule has 1 N–H and O–H groups in total. The average molecular weight is 487 g/mol. The van der Waals surface area contributed by atoms with Gasteiger partial charge in [0.15, 0.2) is 0 Å². The fraction of sp³-hybridized carbons (Fsp3) is 0.0435. The van der Waals surface area contributed by atoms with Gasteiger partial charge in [0.25, 0.3) is 11.7 Å². The summed E-state index contributed by atoms with van der Waals surface area (Å²) in [6.45, 7) is 0. The van der Waals surface area contributed by atoms with E-state index in [0.717, 1.165) is 4.47 Å². The second-order valence-corrected chi connectivity index (χ2v) is 8.06. The van der Waals surface area contributed by atoms with Gasteiger partial charge in [-0.15, -0.1) is 0 Å². The van der Waals surface area contributed by atoms with Crippen molar-refractivity contribution in [2.75, 3.05) is 4.90 Å². The first-order valence-corrected chi connectivity index (χ1v) is 10.1. The summed E-state index contributed by atoms with van der Waals surface area (Å²) >= 11 is 9.32. The molecule has 0 aromatic heterocycles. The summed E-state index contributed by atoms with van der Waals surface area (Å²) in [6, 6.07) is 17.8. The van der Waals surface area contributed by atoms with Crippen molar-refractivity contribution in [1.82, 2.24) is 0 Å². The highest BCUT2D eigenvalue weighted by molar-refractivity contribution is 9.10. The van der Waals surface area contributed by atoms with Gasteiger partial charge in [0.2, 0.25) is 0 Å². The highest BCUT2D eigenvalue weighted by atomic mass is 79.9.